The van der Waals surface area contributed by atoms with Crippen LogP contribution in [0.5, 0.6) is 0 Å². The molecule has 2 rings (SSSR count). The number of halogens is 1. The molecule has 0 fully saturated rings. The van der Waals surface area contributed by atoms with E-state index in [0.717, 1.165) is 5.56 Å². The fourth-order valence-electron chi connectivity index (χ4n) is 1.82. The number of amides is 1. The van der Waals surface area contributed by atoms with Crippen LogP contribution >= 0.6 is 11.6 Å². The smallest absolute Gasteiger partial charge is 0.309 e. The zero-order chi connectivity index (χ0) is 17.0. The molecule has 0 atom stereocenters. The van der Waals surface area contributed by atoms with E-state index in [-0.39, 0.29) is 12.2 Å². The zero-order valence-electron chi connectivity index (χ0n) is 12.8. The van der Waals surface area contributed by atoms with E-state index in [2.05, 4.69) is 10.5 Å². The molecular weight excluding hydrogens is 320 g/mol. The molecule has 0 saturated carbocycles. The second-order valence-electron chi connectivity index (χ2n) is 5.78. The maximum atomic E-state index is 12.0. The van der Waals surface area contributed by atoms with Gasteiger partial charge in [-0.05, 0) is 44.5 Å². The Bertz CT molecular complexity index is 707. The Morgan fingerprint density at radius 3 is 2.57 bits per heavy atom. The molecule has 0 aliphatic carbocycles. The van der Waals surface area contributed by atoms with Gasteiger partial charge in [0.1, 0.15) is 0 Å². The van der Waals surface area contributed by atoms with Crippen LogP contribution in [0.1, 0.15) is 30.8 Å². The Morgan fingerprint density at radius 1 is 1.30 bits per heavy atom. The second-order valence-corrected chi connectivity index (χ2v) is 6.21. The number of hydrogen-bond donors (Lipinski definition) is 2. The van der Waals surface area contributed by atoms with Crippen LogP contribution < -0.4 is 5.32 Å². The van der Waals surface area contributed by atoms with Crippen molar-refractivity contribution in [3.8, 4) is 11.3 Å². The summed E-state index contributed by atoms with van der Waals surface area (Å²) in [4.78, 5) is 23.0. The first-order chi connectivity index (χ1) is 10.8. The molecule has 23 heavy (non-hydrogen) atoms. The first kappa shape index (κ1) is 17.0. The summed E-state index contributed by atoms with van der Waals surface area (Å²) in [5, 5.41) is 16.0. The summed E-state index contributed by atoms with van der Waals surface area (Å²) in [6.45, 7) is 3.45. The van der Waals surface area contributed by atoms with Gasteiger partial charge in [0.05, 0.1) is 5.41 Å². The molecule has 0 radical (unpaired) electrons. The highest BCUT2D eigenvalue weighted by molar-refractivity contribution is 6.30. The van der Waals surface area contributed by atoms with Crippen LogP contribution in [0.4, 0.5) is 0 Å². The van der Waals surface area contributed by atoms with Gasteiger partial charge in [-0.15, -0.1) is 0 Å². The molecule has 0 aliphatic heterocycles. The molecule has 1 aromatic heterocycles. The van der Waals surface area contributed by atoms with Gasteiger partial charge in [0.2, 0.25) is 0 Å². The minimum atomic E-state index is -0.904. The van der Waals surface area contributed by atoms with E-state index < -0.39 is 17.3 Å². The van der Waals surface area contributed by atoms with Crippen molar-refractivity contribution in [2.75, 3.05) is 6.54 Å². The summed E-state index contributed by atoms with van der Waals surface area (Å²) in [7, 11) is 0. The number of rotatable bonds is 6. The number of benzene rings is 1. The van der Waals surface area contributed by atoms with Gasteiger partial charge in [0.15, 0.2) is 11.5 Å². The molecule has 1 heterocycles. The number of hydrogen-bond acceptors (Lipinski definition) is 4. The standard InChI is InChI=1S/C16H17ClN2O4/c1-16(2,15(21)22)7-8-18-14(20)12-9-13(23-19-12)10-3-5-11(17)6-4-10/h3-6,9H,7-8H2,1-2H3,(H,18,20)(H,21,22). The van der Waals surface area contributed by atoms with Crippen molar-refractivity contribution in [2.24, 2.45) is 5.41 Å². The molecule has 2 aromatic rings. The summed E-state index contributed by atoms with van der Waals surface area (Å²) in [5.74, 6) is -0.856. The highest BCUT2D eigenvalue weighted by Crippen LogP contribution is 2.22. The Hall–Kier alpha value is -2.34. The molecule has 6 nitrogen and oxygen atoms in total. The lowest BCUT2D eigenvalue weighted by Crippen LogP contribution is -2.32. The van der Waals surface area contributed by atoms with E-state index in [0.29, 0.717) is 17.2 Å². The van der Waals surface area contributed by atoms with Crippen LogP contribution in [0.3, 0.4) is 0 Å². The second kappa shape index (κ2) is 6.83. The topological polar surface area (TPSA) is 92.4 Å². The van der Waals surface area contributed by atoms with Gasteiger partial charge in [0.25, 0.3) is 5.91 Å². The summed E-state index contributed by atoms with van der Waals surface area (Å²) < 4.78 is 5.15. The number of aliphatic carboxylic acids is 1. The molecule has 0 unspecified atom stereocenters. The fraction of sp³-hybridized carbons (Fsp3) is 0.312. The molecule has 0 bridgehead atoms. The Labute approximate surface area is 138 Å². The van der Waals surface area contributed by atoms with Crippen LogP contribution in [-0.2, 0) is 4.79 Å². The molecule has 1 aromatic carbocycles. The third-order valence-corrected chi connectivity index (χ3v) is 3.74. The molecule has 0 aliphatic rings. The molecule has 0 spiro atoms. The largest absolute Gasteiger partial charge is 0.481 e. The lowest BCUT2D eigenvalue weighted by Gasteiger charge is -2.18. The quantitative estimate of drug-likeness (QED) is 0.844. The summed E-state index contributed by atoms with van der Waals surface area (Å²) in [6.07, 6.45) is 0.315. The monoisotopic (exact) mass is 336 g/mol. The zero-order valence-corrected chi connectivity index (χ0v) is 13.6. The molecule has 7 heteroatoms. The van der Waals surface area contributed by atoms with Gasteiger partial charge in [0, 0.05) is 23.2 Å². The summed E-state index contributed by atoms with van der Waals surface area (Å²) in [6, 6.07) is 8.49. The third kappa shape index (κ3) is 4.32. The van der Waals surface area contributed by atoms with Gasteiger partial charge in [-0.1, -0.05) is 16.8 Å². The first-order valence-corrected chi connectivity index (χ1v) is 7.41. The molecule has 122 valence electrons. The van der Waals surface area contributed by atoms with Crippen LogP contribution in [0.2, 0.25) is 5.02 Å². The summed E-state index contributed by atoms with van der Waals surface area (Å²) >= 11 is 5.82. The average molecular weight is 337 g/mol. The Kier molecular flexibility index (Phi) is 5.05. The van der Waals surface area contributed by atoms with Crippen LogP contribution in [-0.4, -0.2) is 28.7 Å². The van der Waals surface area contributed by atoms with E-state index >= 15 is 0 Å². The van der Waals surface area contributed by atoms with E-state index in [4.69, 9.17) is 21.2 Å². The molecule has 2 N–H and O–H groups in total. The first-order valence-electron chi connectivity index (χ1n) is 7.04. The van der Waals surface area contributed by atoms with E-state index in [1.165, 1.54) is 6.07 Å². The van der Waals surface area contributed by atoms with E-state index in [1.54, 1.807) is 38.1 Å². The van der Waals surface area contributed by atoms with Crippen molar-refractivity contribution < 1.29 is 19.2 Å². The number of carboxylic acids is 1. The Balaban J connectivity index is 1.96. The minimum Gasteiger partial charge on any atom is -0.481 e. The lowest BCUT2D eigenvalue weighted by molar-refractivity contribution is -0.147. The maximum Gasteiger partial charge on any atom is 0.309 e. The van der Waals surface area contributed by atoms with Crippen molar-refractivity contribution in [1.82, 2.24) is 10.5 Å². The number of carbonyl (C=O) groups excluding carboxylic acids is 1. The van der Waals surface area contributed by atoms with Crippen molar-refractivity contribution in [2.45, 2.75) is 20.3 Å². The lowest BCUT2D eigenvalue weighted by atomic mass is 9.90. The van der Waals surface area contributed by atoms with Crippen molar-refractivity contribution in [3.63, 3.8) is 0 Å². The highest BCUT2D eigenvalue weighted by Gasteiger charge is 2.26. The Morgan fingerprint density at radius 2 is 1.96 bits per heavy atom. The van der Waals surface area contributed by atoms with Crippen molar-refractivity contribution in [1.29, 1.82) is 0 Å². The number of carbonyl (C=O) groups is 2. The molecule has 0 saturated heterocycles. The van der Waals surface area contributed by atoms with Crippen molar-refractivity contribution in [3.05, 3.63) is 41.0 Å². The predicted octanol–water partition coefficient (Wildman–Crippen LogP) is 3.23. The van der Waals surface area contributed by atoms with E-state index in [1.807, 2.05) is 0 Å². The van der Waals surface area contributed by atoms with Gasteiger partial charge >= 0.3 is 5.97 Å². The molecular formula is C16H17ClN2O4. The van der Waals surface area contributed by atoms with Crippen LogP contribution in [0, 0.1) is 5.41 Å². The van der Waals surface area contributed by atoms with Gasteiger partial charge in [-0.2, -0.15) is 0 Å². The van der Waals surface area contributed by atoms with Gasteiger partial charge in [-0.25, -0.2) is 0 Å². The van der Waals surface area contributed by atoms with Crippen LogP contribution in [0.15, 0.2) is 34.9 Å². The predicted molar refractivity (Wildman–Crippen MR) is 85.3 cm³/mol. The fourth-order valence-corrected chi connectivity index (χ4v) is 1.94. The third-order valence-electron chi connectivity index (χ3n) is 3.49. The van der Waals surface area contributed by atoms with Crippen molar-refractivity contribution >= 4 is 23.5 Å². The number of nitrogens with one attached hydrogen (secondary N) is 1. The van der Waals surface area contributed by atoms with Crippen LogP contribution in [0.25, 0.3) is 11.3 Å². The van der Waals surface area contributed by atoms with E-state index in [9.17, 15) is 9.59 Å². The number of nitrogens with zero attached hydrogens (tertiary/aromatic N) is 1. The number of carboxylic acid groups (broad SMARTS) is 1. The summed E-state index contributed by atoms with van der Waals surface area (Å²) in [5.41, 5.74) is 0.00186. The SMILES string of the molecule is CC(C)(CCNC(=O)c1cc(-c2ccc(Cl)cc2)on1)C(=O)O. The maximum absolute atomic E-state index is 12.0. The number of aromatic nitrogens is 1. The minimum absolute atomic E-state index is 0.142. The average Bonchev–Trinajstić information content (AvgIpc) is 2.97. The molecule has 1 amide bonds. The normalized spacial score (nSPS) is 11.3. The van der Waals surface area contributed by atoms with Gasteiger partial charge < -0.3 is 14.9 Å². The van der Waals surface area contributed by atoms with Gasteiger partial charge in [-0.3, -0.25) is 9.59 Å². The highest BCUT2D eigenvalue weighted by atomic mass is 35.5.